The van der Waals surface area contributed by atoms with Gasteiger partial charge < -0.3 is 9.88 Å². The van der Waals surface area contributed by atoms with E-state index in [0.29, 0.717) is 38.8 Å². The Labute approximate surface area is 192 Å². The second-order valence-electron chi connectivity index (χ2n) is 8.86. The van der Waals surface area contributed by atoms with Crippen molar-refractivity contribution in [2.75, 3.05) is 32.7 Å². The van der Waals surface area contributed by atoms with Gasteiger partial charge in [-0.25, -0.2) is 22.2 Å². The Bertz CT molecular complexity index is 1110. The van der Waals surface area contributed by atoms with Crippen LogP contribution in [0.3, 0.4) is 0 Å². The van der Waals surface area contributed by atoms with Crippen molar-refractivity contribution in [3.63, 3.8) is 0 Å². The molecule has 180 valence electrons. The molecule has 1 N–H and O–H groups in total. The molecule has 33 heavy (non-hydrogen) atoms. The number of nitrogens with one attached hydrogen (secondary N) is 1. The molecule has 8 nitrogen and oxygen atoms in total. The minimum Gasteiger partial charge on any atom is -0.350 e. The SMILES string of the molecule is Cn1cnc(S(=O)(=O)N2CCN(C3(CNC(=O)c4ccc(F)cc4F)CCCCC3)CC2)c1. The van der Waals surface area contributed by atoms with Crippen LogP contribution >= 0.6 is 0 Å². The average molecular weight is 482 g/mol. The van der Waals surface area contributed by atoms with Crippen LogP contribution in [0.25, 0.3) is 0 Å². The zero-order valence-corrected chi connectivity index (χ0v) is 19.5. The zero-order valence-electron chi connectivity index (χ0n) is 18.6. The van der Waals surface area contributed by atoms with Crippen LogP contribution in [0, 0.1) is 11.6 Å². The van der Waals surface area contributed by atoms with Crippen molar-refractivity contribution >= 4 is 15.9 Å². The number of aryl methyl sites for hydroxylation is 1. The number of carbonyl (C=O) groups is 1. The molecule has 2 heterocycles. The minimum absolute atomic E-state index is 0.0411. The Morgan fingerprint density at radius 2 is 1.82 bits per heavy atom. The number of hydrogen-bond donors (Lipinski definition) is 1. The molecule has 11 heteroatoms. The summed E-state index contributed by atoms with van der Waals surface area (Å²) in [6.07, 6.45) is 7.82. The second-order valence-corrected chi connectivity index (χ2v) is 10.7. The summed E-state index contributed by atoms with van der Waals surface area (Å²) < 4.78 is 56.1. The summed E-state index contributed by atoms with van der Waals surface area (Å²) in [4.78, 5) is 18.9. The fourth-order valence-corrected chi connectivity index (χ4v) is 6.27. The first-order valence-electron chi connectivity index (χ1n) is 11.2. The van der Waals surface area contributed by atoms with Crippen LogP contribution in [0.1, 0.15) is 42.5 Å². The number of carbonyl (C=O) groups excluding carboxylic acids is 1. The van der Waals surface area contributed by atoms with E-state index in [0.717, 1.165) is 44.2 Å². The lowest BCUT2D eigenvalue weighted by Crippen LogP contribution is -2.62. The first kappa shape index (κ1) is 23.8. The molecule has 1 aliphatic heterocycles. The first-order chi connectivity index (χ1) is 15.7. The molecule has 1 saturated heterocycles. The molecule has 2 aliphatic rings. The smallest absolute Gasteiger partial charge is 0.262 e. The number of nitrogens with zero attached hydrogens (tertiary/aromatic N) is 4. The second kappa shape index (κ2) is 9.47. The Balaban J connectivity index is 1.44. The van der Waals surface area contributed by atoms with Gasteiger partial charge in [-0.05, 0) is 25.0 Å². The van der Waals surface area contributed by atoms with Gasteiger partial charge >= 0.3 is 0 Å². The predicted molar refractivity (Wildman–Crippen MR) is 118 cm³/mol. The van der Waals surface area contributed by atoms with E-state index in [9.17, 15) is 22.0 Å². The van der Waals surface area contributed by atoms with Crippen LogP contribution < -0.4 is 5.32 Å². The van der Waals surface area contributed by atoms with Crippen molar-refractivity contribution in [3.05, 3.63) is 47.9 Å². The van der Waals surface area contributed by atoms with E-state index in [1.54, 1.807) is 11.6 Å². The molecule has 2 fully saturated rings. The highest BCUT2D eigenvalue weighted by molar-refractivity contribution is 7.89. The van der Waals surface area contributed by atoms with E-state index >= 15 is 0 Å². The molecular formula is C22H29F2N5O3S. The number of benzene rings is 1. The first-order valence-corrected chi connectivity index (χ1v) is 12.6. The van der Waals surface area contributed by atoms with Gasteiger partial charge in [0.05, 0.1) is 11.9 Å². The van der Waals surface area contributed by atoms with E-state index in [2.05, 4.69) is 15.2 Å². The summed E-state index contributed by atoms with van der Waals surface area (Å²) in [6.45, 7) is 2.07. The predicted octanol–water partition coefficient (Wildman–Crippen LogP) is 2.14. The third kappa shape index (κ3) is 4.95. The maximum absolute atomic E-state index is 14.0. The van der Waals surface area contributed by atoms with Gasteiger partial charge in [-0.15, -0.1) is 0 Å². The molecule has 1 aromatic carbocycles. The molecule has 1 aromatic heterocycles. The maximum atomic E-state index is 14.0. The highest BCUT2D eigenvalue weighted by Crippen LogP contribution is 2.34. The summed E-state index contributed by atoms with van der Waals surface area (Å²) in [7, 11) is -1.93. The highest BCUT2D eigenvalue weighted by Gasteiger charge is 2.41. The van der Waals surface area contributed by atoms with E-state index in [1.165, 1.54) is 16.8 Å². The molecule has 0 spiro atoms. The molecule has 1 amide bonds. The fourth-order valence-electron chi connectivity index (χ4n) is 4.89. The van der Waals surface area contributed by atoms with Crippen molar-refractivity contribution in [3.8, 4) is 0 Å². The lowest BCUT2D eigenvalue weighted by atomic mass is 9.79. The van der Waals surface area contributed by atoms with Gasteiger partial charge in [0.25, 0.3) is 15.9 Å². The average Bonchev–Trinajstić information content (AvgIpc) is 3.25. The van der Waals surface area contributed by atoms with E-state index in [1.807, 2.05) is 0 Å². The van der Waals surface area contributed by atoms with Gasteiger partial charge in [0.15, 0.2) is 5.03 Å². The minimum atomic E-state index is -3.65. The van der Waals surface area contributed by atoms with Crippen LogP contribution in [0.5, 0.6) is 0 Å². The molecular weight excluding hydrogens is 452 g/mol. The van der Waals surface area contributed by atoms with Crippen LogP contribution in [0.4, 0.5) is 8.78 Å². The van der Waals surface area contributed by atoms with E-state index in [4.69, 9.17) is 0 Å². The summed E-state index contributed by atoms with van der Waals surface area (Å²) >= 11 is 0. The van der Waals surface area contributed by atoms with Gasteiger partial charge in [0.2, 0.25) is 0 Å². The standard InChI is InChI=1S/C22H29F2N5O3S/c1-27-14-20(26-16-27)33(31,32)29-11-9-28(10-12-29)22(7-3-2-4-8-22)15-25-21(30)18-6-5-17(23)13-19(18)24/h5-6,13-14,16H,2-4,7-12,15H2,1H3,(H,25,30). The van der Waals surface area contributed by atoms with Gasteiger partial charge in [-0.1, -0.05) is 19.3 Å². The maximum Gasteiger partial charge on any atom is 0.262 e. The summed E-state index contributed by atoms with van der Waals surface area (Å²) in [5.41, 5.74) is -0.501. The van der Waals surface area contributed by atoms with Crippen molar-refractivity contribution in [2.24, 2.45) is 7.05 Å². The third-order valence-electron chi connectivity index (χ3n) is 6.73. The van der Waals surface area contributed by atoms with Crippen LogP contribution in [-0.2, 0) is 17.1 Å². The molecule has 1 aliphatic carbocycles. The molecule has 2 aromatic rings. The molecule has 0 atom stereocenters. The van der Waals surface area contributed by atoms with Crippen LogP contribution in [0.15, 0.2) is 35.7 Å². The number of rotatable bonds is 6. The Morgan fingerprint density at radius 1 is 1.12 bits per heavy atom. The van der Waals surface area contributed by atoms with Crippen molar-refractivity contribution in [1.82, 2.24) is 24.1 Å². The summed E-state index contributed by atoms with van der Waals surface area (Å²) in [5.74, 6) is -2.20. The lowest BCUT2D eigenvalue weighted by Gasteiger charge is -2.49. The normalized spacial score (nSPS) is 20.0. The van der Waals surface area contributed by atoms with Gasteiger partial charge in [-0.2, -0.15) is 4.31 Å². The number of hydrogen-bond acceptors (Lipinski definition) is 5. The fraction of sp³-hybridized carbons (Fsp3) is 0.545. The van der Waals surface area contributed by atoms with Crippen molar-refractivity contribution < 1.29 is 22.0 Å². The molecule has 0 unspecified atom stereocenters. The highest BCUT2D eigenvalue weighted by atomic mass is 32.2. The number of aromatic nitrogens is 2. The number of piperazine rings is 1. The Morgan fingerprint density at radius 3 is 2.42 bits per heavy atom. The molecule has 0 radical (unpaired) electrons. The van der Waals surface area contributed by atoms with Gasteiger partial charge in [-0.3, -0.25) is 9.69 Å². The van der Waals surface area contributed by atoms with E-state index < -0.39 is 27.6 Å². The molecule has 1 saturated carbocycles. The number of halogens is 2. The third-order valence-corrected chi connectivity index (χ3v) is 8.52. The molecule has 0 bridgehead atoms. The monoisotopic (exact) mass is 481 g/mol. The zero-order chi connectivity index (χ0) is 23.6. The number of amides is 1. The Kier molecular flexibility index (Phi) is 6.83. The largest absolute Gasteiger partial charge is 0.350 e. The lowest BCUT2D eigenvalue weighted by molar-refractivity contribution is 0.0239. The summed E-state index contributed by atoms with van der Waals surface area (Å²) in [6, 6.07) is 2.91. The molecule has 4 rings (SSSR count). The topological polar surface area (TPSA) is 87.5 Å². The van der Waals surface area contributed by atoms with Gasteiger partial charge in [0, 0.05) is 57.6 Å². The van der Waals surface area contributed by atoms with E-state index in [-0.39, 0.29) is 16.1 Å². The van der Waals surface area contributed by atoms with Crippen LogP contribution in [0.2, 0.25) is 0 Å². The van der Waals surface area contributed by atoms with Crippen molar-refractivity contribution in [1.29, 1.82) is 0 Å². The number of sulfonamides is 1. The van der Waals surface area contributed by atoms with Crippen LogP contribution in [-0.4, -0.2) is 71.3 Å². The van der Waals surface area contributed by atoms with Gasteiger partial charge in [0.1, 0.15) is 11.6 Å². The van der Waals surface area contributed by atoms with Crippen molar-refractivity contribution in [2.45, 2.75) is 42.7 Å². The quantitative estimate of drug-likeness (QED) is 0.683. The Hall–Kier alpha value is -2.37. The summed E-state index contributed by atoms with van der Waals surface area (Å²) in [5, 5.41) is 2.89. The number of imidazole rings is 1.